The van der Waals surface area contributed by atoms with Crippen LogP contribution in [0.25, 0.3) is 10.8 Å². The maximum absolute atomic E-state index is 13.6. The molecule has 2 nitrogen and oxygen atoms in total. The van der Waals surface area contributed by atoms with E-state index in [2.05, 4.69) is 43.4 Å². The topological polar surface area (TPSA) is 29.1 Å². The van der Waals surface area contributed by atoms with Crippen molar-refractivity contribution < 1.29 is 9.18 Å². The molecule has 0 saturated heterocycles. The SMILES string of the molecule is CC1(C)CC(=O)C2=C(C1)Nc1ccc3ccccc3c1[C@H]2c1ccc(F)cc1. The molecule has 0 radical (unpaired) electrons. The summed E-state index contributed by atoms with van der Waals surface area (Å²) in [4.78, 5) is 13.3. The molecule has 0 fully saturated rings. The van der Waals surface area contributed by atoms with E-state index >= 15 is 0 Å². The number of ketones is 1. The zero-order chi connectivity index (χ0) is 19.5. The maximum atomic E-state index is 13.6. The minimum atomic E-state index is -0.263. The molecule has 0 unspecified atom stereocenters. The Morgan fingerprint density at radius 1 is 0.964 bits per heavy atom. The highest BCUT2D eigenvalue weighted by Gasteiger charge is 2.41. The van der Waals surface area contributed by atoms with Crippen molar-refractivity contribution in [1.29, 1.82) is 0 Å². The number of hydrogen-bond acceptors (Lipinski definition) is 2. The van der Waals surface area contributed by atoms with Crippen molar-refractivity contribution in [1.82, 2.24) is 0 Å². The highest BCUT2D eigenvalue weighted by Crippen LogP contribution is 2.50. The summed E-state index contributed by atoms with van der Waals surface area (Å²) in [6.07, 6.45) is 1.36. The summed E-state index contributed by atoms with van der Waals surface area (Å²) in [6, 6.07) is 19.1. The summed E-state index contributed by atoms with van der Waals surface area (Å²) in [5.41, 5.74) is 4.90. The Kier molecular flexibility index (Phi) is 3.70. The molecule has 0 aromatic heterocycles. The maximum Gasteiger partial charge on any atom is 0.162 e. The fourth-order valence-electron chi connectivity index (χ4n) is 4.79. The minimum Gasteiger partial charge on any atom is -0.358 e. The van der Waals surface area contributed by atoms with Gasteiger partial charge in [-0.1, -0.05) is 56.3 Å². The normalized spacial score (nSPS) is 20.5. The van der Waals surface area contributed by atoms with Crippen LogP contribution < -0.4 is 5.32 Å². The second-order valence-electron chi connectivity index (χ2n) is 8.69. The first-order chi connectivity index (χ1) is 13.4. The Hall–Kier alpha value is -2.94. The van der Waals surface area contributed by atoms with Crippen LogP contribution in [-0.2, 0) is 4.79 Å². The average Bonchev–Trinajstić information content (AvgIpc) is 2.66. The Balaban J connectivity index is 1.81. The molecule has 3 heteroatoms. The Bertz CT molecular complexity index is 1140. The van der Waals surface area contributed by atoms with Gasteiger partial charge in [-0.15, -0.1) is 0 Å². The third kappa shape index (κ3) is 2.65. The summed E-state index contributed by atoms with van der Waals surface area (Å²) in [5, 5.41) is 5.84. The molecule has 1 aliphatic carbocycles. The van der Waals surface area contributed by atoms with Crippen LogP contribution in [0.5, 0.6) is 0 Å². The molecule has 3 aromatic rings. The van der Waals surface area contributed by atoms with E-state index in [0.29, 0.717) is 6.42 Å². The third-order valence-electron chi connectivity index (χ3n) is 5.96. The predicted molar refractivity (Wildman–Crippen MR) is 111 cm³/mol. The smallest absolute Gasteiger partial charge is 0.162 e. The molecule has 0 amide bonds. The van der Waals surface area contributed by atoms with Crippen molar-refractivity contribution in [2.24, 2.45) is 5.41 Å². The molecule has 1 heterocycles. The van der Waals surface area contributed by atoms with Gasteiger partial charge in [0.25, 0.3) is 0 Å². The number of Topliss-reactive ketones (excluding diaryl/α,β-unsaturated/α-hetero) is 1. The van der Waals surface area contributed by atoms with Crippen LogP contribution in [0.15, 0.2) is 71.9 Å². The van der Waals surface area contributed by atoms with Gasteiger partial charge in [-0.3, -0.25) is 4.79 Å². The fourth-order valence-corrected chi connectivity index (χ4v) is 4.79. The number of anilines is 1. The summed E-state index contributed by atoms with van der Waals surface area (Å²) in [7, 11) is 0. The molecule has 3 aromatic carbocycles. The third-order valence-corrected chi connectivity index (χ3v) is 5.96. The number of fused-ring (bicyclic) bond motifs is 3. The molecule has 140 valence electrons. The lowest BCUT2D eigenvalue weighted by molar-refractivity contribution is -0.118. The Labute approximate surface area is 164 Å². The predicted octanol–water partition coefficient (Wildman–Crippen LogP) is 6.18. The molecule has 1 aliphatic heterocycles. The number of halogens is 1. The molecule has 28 heavy (non-hydrogen) atoms. The van der Waals surface area contributed by atoms with Crippen LogP contribution in [0.3, 0.4) is 0 Å². The second-order valence-corrected chi connectivity index (χ2v) is 8.69. The molecule has 0 saturated carbocycles. The van der Waals surface area contributed by atoms with Gasteiger partial charge in [-0.2, -0.15) is 0 Å². The van der Waals surface area contributed by atoms with Crippen LogP contribution in [0.1, 0.15) is 43.7 Å². The van der Waals surface area contributed by atoms with Gasteiger partial charge >= 0.3 is 0 Å². The highest BCUT2D eigenvalue weighted by atomic mass is 19.1. The van der Waals surface area contributed by atoms with E-state index in [1.807, 2.05) is 24.3 Å². The van der Waals surface area contributed by atoms with Crippen molar-refractivity contribution >= 4 is 22.2 Å². The number of carbonyl (C=O) groups excluding carboxylic acids is 1. The summed E-state index contributed by atoms with van der Waals surface area (Å²) >= 11 is 0. The molecule has 1 N–H and O–H groups in total. The zero-order valence-electron chi connectivity index (χ0n) is 16.1. The molecule has 0 bridgehead atoms. The first-order valence-corrected chi connectivity index (χ1v) is 9.73. The van der Waals surface area contributed by atoms with Gasteiger partial charge in [0, 0.05) is 29.3 Å². The van der Waals surface area contributed by atoms with Gasteiger partial charge < -0.3 is 5.32 Å². The summed E-state index contributed by atoms with van der Waals surface area (Å²) < 4.78 is 13.6. The summed E-state index contributed by atoms with van der Waals surface area (Å²) in [6.45, 7) is 4.28. The van der Waals surface area contributed by atoms with Crippen molar-refractivity contribution in [3.63, 3.8) is 0 Å². The van der Waals surface area contributed by atoms with E-state index in [1.165, 1.54) is 12.1 Å². The van der Waals surface area contributed by atoms with Crippen molar-refractivity contribution in [3.05, 3.63) is 88.9 Å². The van der Waals surface area contributed by atoms with Crippen LogP contribution in [0, 0.1) is 11.2 Å². The van der Waals surface area contributed by atoms with Gasteiger partial charge in [-0.25, -0.2) is 4.39 Å². The molecular weight excluding hydrogens is 349 g/mol. The number of benzene rings is 3. The Morgan fingerprint density at radius 2 is 1.71 bits per heavy atom. The van der Waals surface area contributed by atoms with E-state index in [9.17, 15) is 9.18 Å². The average molecular weight is 371 g/mol. The van der Waals surface area contributed by atoms with Crippen LogP contribution >= 0.6 is 0 Å². The molecular formula is C25H22FNO. The van der Waals surface area contributed by atoms with E-state index in [0.717, 1.165) is 45.3 Å². The van der Waals surface area contributed by atoms with Gasteiger partial charge in [0.15, 0.2) is 5.78 Å². The van der Waals surface area contributed by atoms with Gasteiger partial charge in [0.2, 0.25) is 0 Å². The largest absolute Gasteiger partial charge is 0.358 e. The van der Waals surface area contributed by atoms with Crippen molar-refractivity contribution in [2.45, 2.75) is 32.6 Å². The van der Waals surface area contributed by atoms with Crippen LogP contribution in [-0.4, -0.2) is 5.78 Å². The first-order valence-electron chi connectivity index (χ1n) is 9.73. The lowest BCUT2D eigenvalue weighted by Gasteiger charge is -2.40. The van der Waals surface area contributed by atoms with E-state index < -0.39 is 0 Å². The first kappa shape index (κ1) is 17.2. The van der Waals surface area contributed by atoms with Gasteiger partial charge in [0.05, 0.1) is 0 Å². The second kappa shape index (κ2) is 6.03. The minimum absolute atomic E-state index is 0.0649. The lowest BCUT2D eigenvalue weighted by atomic mass is 9.68. The molecule has 0 spiro atoms. The van der Waals surface area contributed by atoms with Crippen LogP contribution in [0.4, 0.5) is 10.1 Å². The zero-order valence-corrected chi connectivity index (χ0v) is 16.1. The van der Waals surface area contributed by atoms with Crippen molar-refractivity contribution in [3.8, 4) is 0 Å². The van der Waals surface area contributed by atoms with Gasteiger partial charge in [-0.05, 0) is 51.9 Å². The number of hydrogen-bond donors (Lipinski definition) is 1. The van der Waals surface area contributed by atoms with Gasteiger partial charge in [0.1, 0.15) is 5.82 Å². The highest BCUT2D eigenvalue weighted by molar-refractivity contribution is 6.04. The monoisotopic (exact) mass is 371 g/mol. The number of nitrogens with one attached hydrogen (secondary N) is 1. The van der Waals surface area contributed by atoms with Crippen molar-refractivity contribution in [2.75, 3.05) is 5.32 Å². The summed E-state index contributed by atoms with van der Waals surface area (Å²) in [5.74, 6) is -0.255. The standard InChI is InChI=1S/C25H22FNO/c1-25(2)13-20-24(21(28)14-25)22(16-7-10-17(26)11-8-16)23-18-6-4-3-5-15(18)9-12-19(23)27-20/h3-12,22,27H,13-14H2,1-2H3/t22-/m1/s1. The van der Waals surface area contributed by atoms with E-state index in [-0.39, 0.29) is 22.9 Å². The quantitative estimate of drug-likeness (QED) is 0.553. The van der Waals surface area contributed by atoms with E-state index in [1.54, 1.807) is 0 Å². The van der Waals surface area contributed by atoms with Crippen LogP contribution in [0.2, 0.25) is 0 Å². The molecule has 1 atom stereocenters. The molecule has 2 aliphatic rings. The number of carbonyl (C=O) groups is 1. The number of allylic oxidation sites excluding steroid dienone is 2. The Morgan fingerprint density at radius 3 is 2.50 bits per heavy atom. The molecule has 5 rings (SSSR count). The number of rotatable bonds is 1. The van der Waals surface area contributed by atoms with E-state index in [4.69, 9.17) is 0 Å². The fraction of sp³-hybridized carbons (Fsp3) is 0.240. The lowest BCUT2D eigenvalue weighted by Crippen LogP contribution is -2.33.